The standard InChI is InChI=1S/C16H21NO4/c1-11(2)14(9-18)15(19)17-13(10-21-16(17)20)8-12-6-4-3-5-7-12/h3-7,11,13-14,18H,8-10H2,1-2H3/t13-,14+/m1/s1. The highest BCUT2D eigenvalue weighted by Crippen LogP contribution is 2.22. The molecule has 0 saturated carbocycles. The maximum absolute atomic E-state index is 12.5. The molecular formula is C16H21NO4. The number of carbonyl (C=O) groups is 2. The number of hydrogen-bond acceptors (Lipinski definition) is 4. The lowest BCUT2D eigenvalue weighted by molar-refractivity contribution is -0.136. The van der Waals surface area contributed by atoms with E-state index in [1.165, 1.54) is 4.90 Å². The van der Waals surface area contributed by atoms with Gasteiger partial charge in [-0.3, -0.25) is 4.79 Å². The van der Waals surface area contributed by atoms with E-state index in [0.29, 0.717) is 6.42 Å². The van der Waals surface area contributed by atoms with Gasteiger partial charge >= 0.3 is 6.09 Å². The molecule has 1 fully saturated rings. The summed E-state index contributed by atoms with van der Waals surface area (Å²) in [6, 6.07) is 9.37. The second-order valence-corrected chi connectivity index (χ2v) is 5.66. The number of carbonyl (C=O) groups excluding carboxylic acids is 2. The molecule has 2 atom stereocenters. The molecule has 0 radical (unpaired) electrons. The summed E-state index contributed by atoms with van der Waals surface area (Å²) >= 11 is 0. The number of ether oxygens (including phenoxy) is 1. The summed E-state index contributed by atoms with van der Waals surface area (Å²) in [5.41, 5.74) is 1.05. The number of aliphatic hydroxyl groups is 1. The number of benzene rings is 1. The maximum atomic E-state index is 12.5. The van der Waals surface area contributed by atoms with Crippen molar-refractivity contribution in [2.45, 2.75) is 26.3 Å². The third-order valence-electron chi connectivity index (χ3n) is 3.83. The van der Waals surface area contributed by atoms with Gasteiger partial charge in [-0.25, -0.2) is 9.69 Å². The van der Waals surface area contributed by atoms with E-state index in [1.807, 2.05) is 44.2 Å². The average molecular weight is 291 g/mol. The molecule has 1 N–H and O–H groups in total. The Hall–Kier alpha value is -1.88. The quantitative estimate of drug-likeness (QED) is 0.899. The number of aliphatic hydroxyl groups excluding tert-OH is 1. The molecule has 1 heterocycles. The van der Waals surface area contributed by atoms with Crippen molar-refractivity contribution in [3.8, 4) is 0 Å². The molecule has 21 heavy (non-hydrogen) atoms. The lowest BCUT2D eigenvalue weighted by atomic mass is 9.94. The smallest absolute Gasteiger partial charge is 0.416 e. The molecule has 2 rings (SSSR count). The molecule has 0 spiro atoms. The highest BCUT2D eigenvalue weighted by atomic mass is 16.6. The van der Waals surface area contributed by atoms with Gasteiger partial charge in [0.25, 0.3) is 0 Å². The van der Waals surface area contributed by atoms with Gasteiger partial charge in [0.2, 0.25) is 5.91 Å². The Morgan fingerprint density at radius 3 is 2.62 bits per heavy atom. The molecule has 1 aromatic rings. The molecular weight excluding hydrogens is 270 g/mol. The first-order valence-corrected chi connectivity index (χ1v) is 7.19. The summed E-state index contributed by atoms with van der Waals surface area (Å²) < 4.78 is 5.03. The van der Waals surface area contributed by atoms with E-state index >= 15 is 0 Å². The fraction of sp³-hybridized carbons (Fsp3) is 0.500. The van der Waals surface area contributed by atoms with Crippen molar-refractivity contribution in [2.75, 3.05) is 13.2 Å². The summed E-state index contributed by atoms with van der Waals surface area (Å²) in [7, 11) is 0. The van der Waals surface area contributed by atoms with Gasteiger partial charge in [0.15, 0.2) is 0 Å². The molecule has 5 nitrogen and oxygen atoms in total. The maximum Gasteiger partial charge on any atom is 0.416 e. The molecule has 0 bridgehead atoms. The Morgan fingerprint density at radius 1 is 1.38 bits per heavy atom. The molecule has 114 valence electrons. The van der Waals surface area contributed by atoms with Crippen molar-refractivity contribution >= 4 is 12.0 Å². The number of cyclic esters (lactones) is 1. The number of hydrogen-bond donors (Lipinski definition) is 1. The lowest BCUT2D eigenvalue weighted by Gasteiger charge is -2.25. The third-order valence-corrected chi connectivity index (χ3v) is 3.83. The summed E-state index contributed by atoms with van der Waals surface area (Å²) in [6.45, 7) is 3.65. The van der Waals surface area contributed by atoms with E-state index in [-0.39, 0.29) is 31.1 Å². The monoisotopic (exact) mass is 291 g/mol. The molecule has 1 saturated heterocycles. The van der Waals surface area contributed by atoms with E-state index in [1.54, 1.807) is 0 Å². The highest BCUT2D eigenvalue weighted by molar-refractivity contribution is 5.95. The zero-order valence-corrected chi connectivity index (χ0v) is 12.4. The van der Waals surface area contributed by atoms with Gasteiger partial charge in [0.05, 0.1) is 18.6 Å². The summed E-state index contributed by atoms with van der Waals surface area (Å²) in [6.07, 6.45) is -0.0470. The van der Waals surface area contributed by atoms with Crippen LogP contribution in [0.3, 0.4) is 0 Å². The van der Waals surface area contributed by atoms with Crippen molar-refractivity contribution in [2.24, 2.45) is 11.8 Å². The van der Waals surface area contributed by atoms with Crippen molar-refractivity contribution < 1.29 is 19.4 Å². The van der Waals surface area contributed by atoms with Crippen molar-refractivity contribution in [3.05, 3.63) is 35.9 Å². The molecule has 2 amide bonds. The Kier molecular flexibility index (Phi) is 4.96. The molecule has 0 aliphatic carbocycles. The summed E-state index contributed by atoms with van der Waals surface area (Å²) in [4.78, 5) is 25.5. The predicted octanol–water partition coefficient (Wildman–Crippen LogP) is 1.84. The average Bonchev–Trinajstić information content (AvgIpc) is 2.81. The lowest BCUT2D eigenvalue weighted by Crippen LogP contribution is -2.45. The SMILES string of the molecule is CC(C)[C@H](CO)C(=O)N1C(=O)OC[C@H]1Cc1ccccc1. The Balaban J connectivity index is 2.15. The van der Waals surface area contributed by atoms with Crippen LogP contribution in [-0.2, 0) is 16.0 Å². The van der Waals surface area contributed by atoms with Crippen LogP contribution in [0.5, 0.6) is 0 Å². The molecule has 1 aliphatic rings. The minimum absolute atomic E-state index is 0.0340. The second kappa shape index (κ2) is 6.72. The van der Waals surface area contributed by atoms with Crippen LogP contribution in [0, 0.1) is 11.8 Å². The fourth-order valence-corrected chi connectivity index (χ4v) is 2.52. The van der Waals surface area contributed by atoms with Crippen molar-refractivity contribution in [1.82, 2.24) is 4.90 Å². The van der Waals surface area contributed by atoms with Gasteiger partial charge in [-0.15, -0.1) is 0 Å². The zero-order chi connectivity index (χ0) is 15.4. The number of amides is 2. The summed E-state index contributed by atoms with van der Waals surface area (Å²) in [5, 5.41) is 9.39. The van der Waals surface area contributed by atoms with E-state index in [0.717, 1.165) is 5.56 Å². The van der Waals surface area contributed by atoms with E-state index in [9.17, 15) is 14.7 Å². The molecule has 5 heteroatoms. The molecule has 1 aromatic carbocycles. The van der Waals surface area contributed by atoms with E-state index in [4.69, 9.17) is 4.74 Å². The van der Waals surface area contributed by atoms with Crippen LogP contribution < -0.4 is 0 Å². The molecule has 1 aliphatic heterocycles. The normalized spacial score (nSPS) is 19.7. The van der Waals surface area contributed by atoms with Gasteiger partial charge in [0, 0.05) is 0 Å². The van der Waals surface area contributed by atoms with Crippen LogP contribution in [0.4, 0.5) is 4.79 Å². The third kappa shape index (κ3) is 3.42. The van der Waals surface area contributed by atoms with Crippen molar-refractivity contribution in [1.29, 1.82) is 0 Å². The topological polar surface area (TPSA) is 66.8 Å². The first kappa shape index (κ1) is 15.5. The molecule has 0 unspecified atom stereocenters. The van der Waals surface area contributed by atoms with Crippen molar-refractivity contribution in [3.63, 3.8) is 0 Å². The largest absolute Gasteiger partial charge is 0.447 e. The zero-order valence-electron chi connectivity index (χ0n) is 12.4. The first-order valence-electron chi connectivity index (χ1n) is 7.19. The van der Waals surface area contributed by atoms with Crippen LogP contribution in [0.15, 0.2) is 30.3 Å². The Labute approximate surface area is 124 Å². The number of rotatable bonds is 5. The number of nitrogens with zero attached hydrogens (tertiary/aromatic N) is 1. The van der Waals surface area contributed by atoms with Gasteiger partial charge in [-0.05, 0) is 17.9 Å². The Morgan fingerprint density at radius 2 is 2.05 bits per heavy atom. The van der Waals surface area contributed by atoms with E-state index in [2.05, 4.69) is 0 Å². The van der Waals surface area contributed by atoms with Gasteiger partial charge in [-0.1, -0.05) is 44.2 Å². The second-order valence-electron chi connectivity index (χ2n) is 5.66. The van der Waals surface area contributed by atoms with Crippen LogP contribution in [0.25, 0.3) is 0 Å². The van der Waals surface area contributed by atoms with Gasteiger partial charge in [0.1, 0.15) is 6.61 Å². The fourth-order valence-electron chi connectivity index (χ4n) is 2.52. The Bertz CT molecular complexity index is 500. The van der Waals surface area contributed by atoms with Crippen LogP contribution in [0.2, 0.25) is 0 Å². The van der Waals surface area contributed by atoms with Crippen LogP contribution >= 0.6 is 0 Å². The van der Waals surface area contributed by atoms with Gasteiger partial charge in [-0.2, -0.15) is 0 Å². The van der Waals surface area contributed by atoms with Crippen LogP contribution in [-0.4, -0.2) is 41.3 Å². The summed E-state index contributed by atoms with van der Waals surface area (Å²) in [5.74, 6) is -0.960. The minimum atomic E-state index is -0.611. The number of imide groups is 1. The highest BCUT2D eigenvalue weighted by Gasteiger charge is 2.41. The predicted molar refractivity (Wildman–Crippen MR) is 77.5 cm³/mol. The molecule has 0 aromatic heterocycles. The minimum Gasteiger partial charge on any atom is -0.447 e. The van der Waals surface area contributed by atoms with Crippen LogP contribution in [0.1, 0.15) is 19.4 Å². The first-order chi connectivity index (χ1) is 10.0. The van der Waals surface area contributed by atoms with E-state index < -0.39 is 12.0 Å². The van der Waals surface area contributed by atoms with Gasteiger partial charge < -0.3 is 9.84 Å².